The van der Waals surface area contributed by atoms with Crippen LogP contribution in [-0.4, -0.2) is 72.7 Å². The summed E-state index contributed by atoms with van der Waals surface area (Å²) in [6.07, 6.45) is 2.30. The monoisotopic (exact) mass is 549 g/mol. The number of carbonyl (C=O) groups excluding carboxylic acids is 1. The maximum absolute atomic E-state index is 13.0. The summed E-state index contributed by atoms with van der Waals surface area (Å²) in [4.78, 5) is 29.7. The second-order valence-corrected chi connectivity index (χ2v) is 8.63. The molecule has 208 valence electrons. The van der Waals surface area contributed by atoms with E-state index in [4.69, 9.17) is 0 Å². The lowest BCUT2D eigenvalue weighted by molar-refractivity contribution is -0.115. The largest absolute Gasteiger partial charge is 0.478 e. The Morgan fingerprint density at radius 3 is 2.36 bits per heavy atom. The fourth-order valence-corrected chi connectivity index (χ4v) is 4.04. The number of hydrogen-bond donors (Lipinski definition) is 1. The number of carboxylic acids is 1. The van der Waals surface area contributed by atoms with Gasteiger partial charge >= 0.3 is 19.2 Å². The lowest BCUT2D eigenvalue weighted by atomic mass is 9.92. The SMILES string of the molecule is CCN1CC(=Cc2ccc(OC(F)F)cc2OC(F)F)c2nc3ccccc3c(C(=O)O)c2C1.CN(C)C=O. The summed E-state index contributed by atoms with van der Waals surface area (Å²) in [7, 11) is 3.38. The summed E-state index contributed by atoms with van der Waals surface area (Å²) < 4.78 is 60.1. The molecule has 12 heteroatoms. The zero-order valence-electron chi connectivity index (χ0n) is 21.4. The van der Waals surface area contributed by atoms with E-state index in [9.17, 15) is 32.3 Å². The van der Waals surface area contributed by atoms with Crippen LogP contribution in [-0.2, 0) is 11.3 Å². The number of likely N-dealkylation sites (N-methyl/N-ethyl adjacent to an activating group) is 1. The quantitative estimate of drug-likeness (QED) is 0.304. The predicted molar refractivity (Wildman–Crippen MR) is 137 cm³/mol. The van der Waals surface area contributed by atoms with Crippen molar-refractivity contribution >= 4 is 34.9 Å². The van der Waals surface area contributed by atoms with Gasteiger partial charge in [-0.05, 0) is 36.4 Å². The maximum atomic E-state index is 13.0. The number of fused-ring (bicyclic) bond motifs is 2. The molecule has 3 aromatic rings. The molecule has 0 fully saturated rings. The number of pyridine rings is 1. The minimum absolute atomic E-state index is 0.134. The van der Waals surface area contributed by atoms with Gasteiger partial charge in [0.1, 0.15) is 11.5 Å². The van der Waals surface area contributed by atoms with Crippen molar-refractivity contribution in [2.45, 2.75) is 26.7 Å². The van der Waals surface area contributed by atoms with Crippen LogP contribution in [0.3, 0.4) is 0 Å². The molecule has 4 rings (SSSR count). The Morgan fingerprint density at radius 1 is 1.10 bits per heavy atom. The molecule has 0 aliphatic carbocycles. The van der Waals surface area contributed by atoms with Gasteiger partial charge in [-0.25, -0.2) is 9.78 Å². The number of amides is 1. The van der Waals surface area contributed by atoms with Crippen LogP contribution in [0.1, 0.15) is 34.1 Å². The van der Waals surface area contributed by atoms with E-state index in [-0.39, 0.29) is 22.6 Å². The molecule has 0 spiro atoms. The van der Waals surface area contributed by atoms with Crippen LogP contribution in [0.4, 0.5) is 17.6 Å². The second-order valence-electron chi connectivity index (χ2n) is 8.63. The molecule has 1 aliphatic rings. The first-order valence-electron chi connectivity index (χ1n) is 11.8. The smallest absolute Gasteiger partial charge is 0.387 e. The highest BCUT2D eigenvalue weighted by Gasteiger charge is 2.28. The van der Waals surface area contributed by atoms with Crippen LogP contribution in [0.25, 0.3) is 22.6 Å². The highest BCUT2D eigenvalue weighted by molar-refractivity contribution is 6.06. The first-order valence-corrected chi connectivity index (χ1v) is 11.8. The van der Waals surface area contributed by atoms with E-state index < -0.39 is 19.2 Å². The molecule has 2 heterocycles. The fraction of sp³-hybridized carbons (Fsp3) is 0.296. The fourth-order valence-electron chi connectivity index (χ4n) is 4.04. The number of carbonyl (C=O) groups is 2. The van der Waals surface area contributed by atoms with Gasteiger partial charge in [-0.15, -0.1) is 0 Å². The van der Waals surface area contributed by atoms with E-state index in [1.807, 2.05) is 11.8 Å². The average molecular weight is 550 g/mol. The number of rotatable bonds is 8. The van der Waals surface area contributed by atoms with Crippen molar-refractivity contribution in [3.05, 3.63) is 64.8 Å². The highest BCUT2D eigenvalue weighted by Crippen LogP contribution is 2.36. The predicted octanol–water partition coefficient (Wildman–Crippen LogP) is 5.22. The van der Waals surface area contributed by atoms with Crippen LogP contribution in [0.5, 0.6) is 11.5 Å². The van der Waals surface area contributed by atoms with Crippen molar-refractivity contribution in [2.24, 2.45) is 0 Å². The topological polar surface area (TPSA) is 92.2 Å². The van der Waals surface area contributed by atoms with Gasteiger partial charge in [-0.3, -0.25) is 9.69 Å². The zero-order chi connectivity index (χ0) is 28.7. The molecular weight excluding hydrogens is 522 g/mol. The van der Waals surface area contributed by atoms with E-state index in [2.05, 4.69) is 14.5 Å². The van der Waals surface area contributed by atoms with Gasteiger partial charge in [0.15, 0.2) is 0 Å². The third-order valence-electron chi connectivity index (χ3n) is 5.70. The number of alkyl halides is 4. The van der Waals surface area contributed by atoms with Crippen molar-refractivity contribution in [2.75, 3.05) is 27.2 Å². The highest BCUT2D eigenvalue weighted by atomic mass is 19.3. The van der Waals surface area contributed by atoms with E-state index >= 15 is 0 Å². The normalized spacial score (nSPS) is 14.1. The molecule has 1 amide bonds. The molecule has 0 saturated heterocycles. The van der Waals surface area contributed by atoms with E-state index in [1.54, 1.807) is 44.4 Å². The lowest BCUT2D eigenvalue weighted by Gasteiger charge is -2.30. The minimum atomic E-state index is -3.19. The van der Waals surface area contributed by atoms with Crippen LogP contribution in [0.15, 0.2) is 42.5 Å². The molecule has 0 unspecified atom stereocenters. The Morgan fingerprint density at radius 2 is 1.77 bits per heavy atom. The third kappa shape index (κ3) is 7.44. The molecule has 1 aromatic heterocycles. The summed E-state index contributed by atoms with van der Waals surface area (Å²) in [6.45, 7) is -3.07. The van der Waals surface area contributed by atoms with Crippen LogP contribution in [0.2, 0.25) is 0 Å². The number of aromatic carboxylic acids is 1. The number of nitrogens with zero attached hydrogens (tertiary/aromatic N) is 3. The summed E-state index contributed by atoms with van der Waals surface area (Å²) >= 11 is 0. The van der Waals surface area contributed by atoms with E-state index in [0.717, 1.165) is 12.5 Å². The van der Waals surface area contributed by atoms with Gasteiger partial charge in [-0.2, -0.15) is 17.6 Å². The second kappa shape index (κ2) is 13.1. The third-order valence-corrected chi connectivity index (χ3v) is 5.70. The Labute approximate surface area is 222 Å². The number of ether oxygens (including phenoxy) is 2. The number of carboxylic acid groups (broad SMARTS) is 1. The van der Waals surface area contributed by atoms with Crippen LogP contribution in [0, 0.1) is 0 Å². The molecule has 1 aliphatic heterocycles. The number of halogens is 4. The van der Waals surface area contributed by atoms with Crippen molar-refractivity contribution in [3.8, 4) is 11.5 Å². The Balaban J connectivity index is 0.000000771. The van der Waals surface area contributed by atoms with Gasteiger partial charge in [0.05, 0.1) is 16.8 Å². The standard InChI is InChI=1S/C24H20F4N2O4.C3H7NO/c1-2-30-11-14(9-13-7-8-15(33-23(25)26)10-19(13)34-24(27)28)21-17(12-30)20(22(31)32)16-5-3-4-6-18(16)29-21;1-4(2)3-5/h3-10,23-24H,2,11-12H2,1H3,(H,31,32);3H,1-2H3. The minimum Gasteiger partial charge on any atom is -0.478 e. The van der Waals surface area contributed by atoms with Crippen LogP contribution >= 0.6 is 0 Å². The first-order chi connectivity index (χ1) is 18.5. The van der Waals surface area contributed by atoms with Crippen molar-refractivity contribution in [3.63, 3.8) is 0 Å². The maximum Gasteiger partial charge on any atom is 0.387 e. The number of aromatic nitrogens is 1. The van der Waals surface area contributed by atoms with Gasteiger partial charge in [0.2, 0.25) is 6.41 Å². The van der Waals surface area contributed by atoms with E-state index in [1.165, 1.54) is 17.0 Å². The van der Waals surface area contributed by atoms with Crippen LogP contribution < -0.4 is 9.47 Å². The molecular formula is C27H27F4N3O5. The number of benzene rings is 2. The summed E-state index contributed by atoms with van der Waals surface area (Å²) in [5, 5.41) is 10.5. The molecule has 0 atom stereocenters. The zero-order valence-corrected chi connectivity index (χ0v) is 21.4. The van der Waals surface area contributed by atoms with Gasteiger partial charge in [-0.1, -0.05) is 25.1 Å². The Kier molecular flexibility index (Phi) is 9.83. The van der Waals surface area contributed by atoms with E-state index in [0.29, 0.717) is 47.4 Å². The lowest BCUT2D eigenvalue weighted by Crippen LogP contribution is -2.31. The Hall–Kier alpha value is -4.19. The molecule has 2 aromatic carbocycles. The molecule has 0 bridgehead atoms. The molecule has 8 nitrogen and oxygen atoms in total. The summed E-state index contributed by atoms with van der Waals surface area (Å²) in [6, 6.07) is 10.4. The van der Waals surface area contributed by atoms with Crippen molar-refractivity contribution in [1.29, 1.82) is 0 Å². The molecule has 0 saturated carbocycles. The number of hydrogen-bond acceptors (Lipinski definition) is 6. The van der Waals surface area contributed by atoms with Gasteiger partial charge < -0.3 is 19.5 Å². The van der Waals surface area contributed by atoms with Crippen molar-refractivity contribution in [1.82, 2.24) is 14.8 Å². The summed E-state index contributed by atoms with van der Waals surface area (Å²) in [5.74, 6) is -1.78. The molecule has 0 radical (unpaired) electrons. The average Bonchev–Trinajstić information content (AvgIpc) is 2.88. The number of para-hydroxylation sites is 1. The molecule has 39 heavy (non-hydrogen) atoms. The Bertz CT molecular complexity index is 1360. The van der Waals surface area contributed by atoms with Crippen molar-refractivity contribution < 1.29 is 41.7 Å². The molecule has 1 N–H and O–H groups in total. The first kappa shape index (κ1) is 29.4. The van der Waals surface area contributed by atoms with Gasteiger partial charge in [0.25, 0.3) is 0 Å². The van der Waals surface area contributed by atoms with Gasteiger partial charge in [0, 0.05) is 49.8 Å². The summed E-state index contributed by atoms with van der Waals surface area (Å²) in [5.41, 5.74) is 2.34.